The molecule has 0 spiro atoms. The van der Waals surface area contributed by atoms with Crippen molar-refractivity contribution >= 4 is 5.97 Å². The molecule has 0 bridgehead atoms. The van der Waals surface area contributed by atoms with Gasteiger partial charge >= 0.3 is 5.97 Å². The van der Waals surface area contributed by atoms with E-state index >= 15 is 0 Å². The summed E-state index contributed by atoms with van der Waals surface area (Å²) in [4.78, 5) is 12.9. The summed E-state index contributed by atoms with van der Waals surface area (Å²) >= 11 is 0. The molecule has 0 radical (unpaired) electrons. The largest absolute Gasteiger partial charge is 0.480 e. The highest BCUT2D eigenvalue weighted by atomic mass is 16.5. The molecule has 1 aromatic rings. The van der Waals surface area contributed by atoms with Gasteiger partial charge in [0.25, 0.3) is 0 Å². The van der Waals surface area contributed by atoms with Crippen LogP contribution in [0.1, 0.15) is 24.0 Å². The standard InChI is InChI=1S/C15H21NO3/c1-12-4-2-5-13(8-12)9-16(11-15(17)18)10-14-6-3-7-19-14/h2,4-5,8,14H,3,6-7,9-11H2,1H3,(H,17,18). The van der Waals surface area contributed by atoms with Gasteiger partial charge in [0.15, 0.2) is 0 Å². The van der Waals surface area contributed by atoms with Gasteiger partial charge in [-0.25, -0.2) is 0 Å². The molecule has 4 nitrogen and oxygen atoms in total. The van der Waals surface area contributed by atoms with E-state index in [1.54, 1.807) is 0 Å². The number of hydrogen-bond acceptors (Lipinski definition) is 3. The van der Waals surface area contributed by atoms with E-state index in [2.05, 4.69) is 6.07 Å². The van der Waals surface area contributed by atoms with Gasteiger partial charge in [0.2, 0.25) is 0 Å². The second-order valence-corrected chi connectivity index (χ2v) is 5.19. The van der Waals surface area contributed by atoms with E-state index in [0.29, 0.717) is 13.1 Å². The predicted molar refractivity (Wildman–Crippen MR) is 73.1 cm³/mol. The molecule has 0 amide bonds. The molecule has 1 aliphatic rings. The number of aryl methyl sites for hydroxylation is 1. The summed E-state index contributed by atoms with van der Waals surface area (Å²) in [5.74, 6) is -0.786. The lowest BCUT2D eigenvalue weighted by molar-refractivity contribution is -0.138. The maximum Gasteiger partial charge on any atom is 0.317 e. The summed E-state index contributed by atoms with van der Waals surface area (Å²) < 4.78 is 5.59. The first-order valence-electron chi connectivity index (χ1n) is 6.75. The van der Waals surface area contributed by atoms with Crippen molar-refractivity contribution in [2.45, 2.75) is 32.4 Å². The first-order chi connectivity index (χ1) is 9.13. The number of hydrogen-bond donors (Lipinski definition) is 1. The number of aliphatic carboxylic acids is 1. The Bertz CT molecular complexity index is 427. The summed E-state index contributed by atoms with van der Waals surface area (Å²) in [5.41, 5.74) is 2.35. The fourth-order valence-electron chi connectivity index (χ4n) is 2.52. The molecular weight excluding hydrogens is 242 g/mol. The van der Waals surface area contributed by atoms with Crippen molar-refractivity contribution in [3.63, 3.8) is 0 Å². The maximum atomic E-state index is 11.0. The van der Waals surface area contributed by atoms with Crippen LogP contribution in [-0.2, 0) is 16.1 Å². The molecule has 1 aliphatic heterocycles. The minimum atomic E-state index is -0.786. The summed E-state index contributed by atoms with van der Waals surface area (Å²) in [5, 5.41) is 9.01. The van der Waals surface area contributed by atoms with E-state index in [-0.39, 0.29) is 12.6 Å². The van der Waals surface area contributed by atoms with Gasteiger partial charge in [0.05, 0.1) is 12.6 Å². The Morgan fingerprint density at radius 1 is 1.53 bits per heavy atom. The molecule has 0 aromatic heterocycles. The summed E-state index contributed by atoms with van der Waals surface area (Å²) in [6.45, 7) is 4.27. The Hall–Kier alpha value is -1.39. The van der Waals surface area contributed by atoms with Gasteiger partial charge < -0.3 is 9.84 Å². The Balaban J connectivity index is 1.98. The van der Waals surface area contributed by atoms with Gasteiger partial charge in [0.1, 0.15) is 0 Å². The molecule has 1 aromatic carbocycles. The number of carboxylic acids is 1. The van der Waals surface area contributed by atoms with Gasteiger partial charge in [-0.2, -0.15) is 0 Å². The second kappa shape index (κ2) is 6.68. The van der Waals surface area contributed by atoms with Crippen LogP contribution in [0.2, 0.25) is 0 Å². The summed E-state index contributed by atoms with van der Waals surface area (Å²) in [7, 11) is 0. The number of ether oxygens (including phenoxy) is 1. The molecule has 1 saturated heterocycles. The first kappa shape index (κ1) is 14.0. The molecule has 1 heterocycles. The van der Waals surface area contributed by atoms with Crippen LogP contribution in [0.25, 0.3) is 0 Å². The normalized spacial score (nSPS) is 18.9. The molecule has 1 N–H and O–H groups in total. The van der Waals surface area contributed by atoms with Crippen molar-refractivity contribution in [1.82, 2.24) is 4.90 Å². The zero-order chi connectivity index (χ0) is 13.7. The van der Waals surface area contributed by atoms with Crippen LogP contribution >= 0.6 is 0 Å². The van der Waals surface area contributed by atoms with Crippen molar-refractivity contribution in [1.29, 1.82) is 0 Å². The highest BCUT2D eigenvalue weighted by Gasteiger charge is 2.20. The molecule has 1 atom stereocenters. The van der Waals surface area contributed by atoms with Gasteiger partial charge in [-0.15, -0.1) is 0 Å². The van der Waals surface area contributed by atoms with E-state index < -0.39 is 5.97 Å². The van der Waals surface area contributed by atoms with E-state index in [9.17, 15) is 4.79 Å². The molecule has 0 aliphatic carbocycles. The lowest BCUT2D eigenvalue weighted by Gasteiger charge is -2.23. The van der Waals surface area contributed by atoms with Crippen LogP contribution in [0, 0.1) is 6.92 Å². The highest BCUT2D eigenvalue weighted by molar-refractivity contribution is 5.69. The Morgan fingerprint density at radius 2 is 2.37 bits per heavy atom. The fraction of sp³-hybridized carbons (Fsp3) is 0.533. The van der Waals surface area contributed by atoms with Gasteiger partial charge in [0, 0.05) is 19.7 Å². The highest BCUT2D eigenvalue weighted by Crippen LogP contribution is 2.15. The van der Waals surface area contributed by atoms with Crippen molar-refractivity contribution in [2.24, 2.45) is 0 Å². The maximum absolute atomic E-state index is 11.0. The molecule has 4 heteroatoms. The third kappa shape index (κ3) is 4.65. The van der Waals surface area contributed by atoms with E-state index in [0.717, 1.165) is 25.0 Å². The smallest absolute Gasteiger partial charge is 0.317 e. The number of benzene rings is 1. The Labute approximate surface area is 114 Å². The fourth-order valence-corrected chi connectivity index (χ4v) is 2.52. The zero-order valence-electron chi connectivity index (χ0n) is 11.3. The topological polar surface area (TPSA) is 49.8 Å². The van der Waals surface area contributed by atoms with Crippen LogP contribution in [0.15, 0.2) is 24.3 Å². The van der Waals surface area contributed by atoms with Crippen LogP contribution in [0.4, 0.5) is 0 Å². The van der Waals surface area contributed by atoms with Gasteiger partial charge in [-0.3, -0.25) is 9.69 Å². The van der Waals surface area contributed by atoms with Crippen molar-refractivity contribution in [2.75, 3.05) is 19.7 Å². The van der Waals surface area contributed by atoms with Crippen molar-refractivity contribution < 1.29 is 14.6 Å². The van der Waals surface area contributed by atoms with E-state index in [1.165, 1.54) is 5.56 Å². The van der Waals surface area contributed by atoms with E-state index in [4.69, 9.17) is 9.84 Å². The molecule has 104 valence electrons. The quantitative estimate of drug-likeness (QED) is 0.853. The number of carbonyl (C=O) groups is 1. The SMILES string of the molecule is Cc1cccc(CN(CC(=O)O)CC2CCCO2)c1. The zero-order valence-corrected chi connectivity index (χ0v) is 11.3. The molecule has 19 heavy (non-hydrogen) atoms. The molecule has 0 saturated carbocycles. The Kier molecular flexibility index (Phi) is 4.93. The minimum absolute atomic E-state index is 0.0633. The third-order valence-electron chi connectivity index (χ3n) is 3.33. The second-order valence-electron chi connectivity index (χ2n) is 5.19. The van der Waals surface area contributed by atoms with Crippen LogP contribution in [-0.4, -0.2) is 41.8 Å². The minimum Gasteiger partial charge on any atom is -0.480 e. The number of rotatable bonds is 6. The third-order valence-corrected chi connectivity index (χ3v) is 3.33. The predicted octanol–water partition coefficient (Wildman–Crippen LogP) is 2.06. The molecule has 1 fully saturated rings. The van der Waals surface area contributed by atoms with E-state index in [1.807, 2.05) is 30.0 Å². The van der Waals surface area contributed by atoms with Crippen LogP contribution in [0.3, 0.4) is 0 Å². The average molecular weight is 263 g/mol. The lowest BCUT2D eigenvalue weighted by atomic mass is 10.1. The number of nitrogens with zero attached hydrogens (tertiary/aromatic N) is 1. The lowest BCUT2D eigenvalue weighted by Crippen LogP contribution is -2.35. The first-order valence-corrected chi connectivity index (χ1v) is 6.75. The van der Waals surface area contributed by atoms with Crippen molar-refractivity contribution in [3.8, 4) is 0 Å². The van der Waals surface area contributed by atoms with Crippen LogP contribution < -0.4 is 0 Å². The number of carboxylic acid groups (broad SMARTS) is 1. The van der Waals surface area contributed by atoms with Crippen LogP contribution in [0.5, 0.6) is 0 Å². The van der Waals surface area contributed by atoms with Gasteiger partial charge in [-0.05, 0) is 25.3 Å². The van der Waals surface area contributed by atoms with Gasteiger partial charge in [-0.1, -0.05) is 29.8 Å². The summed E-state index contributed by atoms with van der Waals surface area (Å²) in [6, 6.07) is 8.20. The molecule has 2 rings (SSSR count). The molecule has 1 unspecified atom stereocenters. The van der Waals surface area contributed by atoms with Crippen molar-refractivity contribution in [3.05, 3.63) is 35.4 Å². The average Bonchev–Trinajstić information content (AvgIpc) is 2.80. The Morgan fingerprint density at radius 3 is 3.00 bits per heavy atom. The summed E-state index contributed by atoms with van der Waals surface area (Å²) in [6.07, 6.45) is 2.30. The molecular formula is C15H21NO3. The monoisotopic (exact) mass is 263 g/mol.